The maximum absolute atomic E-state index is 9.66. The summed E-state index contributed by atoms with van der Waals surface area (Å²) in [6.45, 7) is 3.02. The van der Waals surface area contributed by atoms with Crippen LogP contribution in [0.25, 0.3) is 0 Å². The Labute approximate surface area is 90.9 Å². The van der Waals surface area contributed by atoms with Crippen molar-refractivity contribution in [3.8, 4) is 5.75 Å². The molecular weight excluding hydrogens is 190 g/mol. The first-order chi connectivity index (χ1) is 7.29. The molecule has 0 bridgehead atoms. The van der Waals surface area contributed by atoms with Gasteiger partial charge in [0.15, 0.2) is 0 Å². The van der Waals surface area contributed by atoms with Crippen LogP contribution in [-0.2, 0) is 0 Å². The predicted molar refractivity (Wildman–Crippen MR) is 60.9 cm³/mol. The average Bonchev–Trinajstić information content (AvgIpc) is 2.29. The lowest BCUT2D eigenvalue weighted by Crippen LogP contribution is -2.13. The maximum Gasteiger partial charge on any atom is 0.125 e. The van der Waals surface area contributed by atoms with Crippen molar-refractivity contribution in [1.82, 2.24) is 0 Å². The van der Waals surface area contributed by atoms with Crippen LogP contribution in [0.3, 0.4) is 0 Å². The Bertz CT molecular complexity index is 289. The SMILES string of the molecule is CCCCOc1ccccc1[C@H](O)CN. The van der Waals surface area contributed by atoms with E-state index in [1.165, 1.54) is 0 Å². The van der Waals surface area contributed by atoms with E-state index in [0.717, 1.165) is 24.2 Å². The monoisotopic (exact) mass is 209 g/mol. The van der Waals surface area contributed by atoms with Crippen LogP contribution in [0, 0.1) is 0 Å². The smallest absolute Gasteiger partial charge is 0.125 e. The molecule has 1 aromatic rings. The molecular formula is C12H19NO2. The highest BCUT2D eigenvalue weighted by molar-refractivity contribution is 5.35. The third-order valence-corrected chi connectivity index (χ3v) is 2.26. The van der Waals surface area contributed by atoms with E-state index in [9.17, 15) is 5.11 Å². The molecule has 15 heavy (non-hydrogen) atoms. The molecule has 0 saturated heterocycles. The average molecular weight is 209 g/mol. The van der Waals surface area contributed by atoms with Crippen molar-refractivity contribution in [3.05, 3.63) is 29.8 Å². The topological polar surface area (TPSA) is 55.5 Å². The molecule has 0 saturated carbocycles. The zero-order valence-electron chi connectivity index (χ0n) is 9.15. The van der Waals surface area contributed by atoms with E-state index in [-0.39, 0.29) is 6.54 Å². The fraction of sp³-hybridized carbons (Fsp3) is 0.500. The quantitative estimate of drug-likeness (QED) is 0.703. The molecule has 1 atom stereocenters. The van der Waals surface area contributed by atoms with Crippen LogP contribution in [0.4, 0.5) is 0 Å². The Morgan fingerprint density at radius 1 is 1.40 bits per heavy atom. The van der Waals surface area contributed by atoms with E-state index >= 15 is 0 Å². The van der Waals surface area contributed by atoms with Gasteiger partial charge in [-0.25, -0.2) is 0 Å². The van der Waals surface area contributed by atoms with Crippen molar-refractivity contribution < 1.29 is 9.84 Å². The molecule has 0 fully saturated rings. The van der Waals surface area contributed by atoms with Gasteiger partial charge >= 0.3 is 0 Å². The lowest BCUT2D eigenvalue weighted by atomic mass is 10.1. The summed E-state index contributed by atoms with van der Waals surface area (Å²) in [5.74, 6) is 0.740. The van der Waals surface area contributed by atoms with Gasteiger partial charge in [0, 0.05) is 12.1 Å². The minimum absolute atomic E-state index is 0.216. The van der Waals surface area contributed by atoms with Gasteiger partial charge in [-0.2, -0.15) is 0 Å². The second kappa shape index (κ2) is 6.43. The van der Waals surface area contributed by atoms with E-state index in [2.05, 4.69) is 6.92 Å². The van der Waals surface area contributed by atoms with Crippen LogP contribution < -0.4 is 10.5 Å². The number of aliphatic hydroxyl groups is 1. The third kappa shape index (κ3) is 3.53. The van der Waals surface area contributed by atoms with Gasteiger partial charge in [-0.05, 0) is 12.5 Å². The zero-order valence-corrected chi connectivity index (χ0v) is 9.15. The fourth-order valence-corrected chi connectivity index (χ4v) is 1.34. The minimum Gasteiger partial charge on any atom is -0.493 e. The zero-order chi connectivity index (χ0) is 11.1. The number of ether oxygens (including phenoxy) is 1. The van der Waals surface area contributed by atoms with E-state index in [1.807, 2.05) is 24.3 Å². The molecule has 84 valence electrons. The number of rotatable bonds is 6. The van der Waals surface area contributed by atoms with Crippen LogP contribution in [0.1, 0.15) is 31.4 Å². The van der Waals surface area contributed by atoms with Gasteiger partial charge in [0.1, 0.15) is 5.75 Å². The van der Waals surface area contributed by atoms with Gasteiger partial charge in [0.2, 0.25) is 0 Å². The predicted octanol–water partition coefficient (Wildman–Crippen LogP) is 1.86. The third-order valence-electron chi connectivity index (χ3n) is 2.26. The van der Waals surface area contributed by atoms with Crippen molar-refractivity contribution in [2.24, 2.45) is 5.73 Å². The molecule has 3 nitrogen and oxygen atoms in total. The van der Waals surface area contributed by atoms with Gasteiger partial charge in [-0.15, -0.1) is 0 Å². The van der Waals surface area contributed by atoms with Crippen molar-refractivity contribution >= 4 is 0 Å². The van der Waals surface area contributed by atoms with Gasteiger partial charge in [-0.1, -0.05) is 31.5 Å². The second-order valence-electron chi connectivity index (χ2n) is 3.49. The summed E-state index contributed by atoms with van der Waals surface area (Å²) in [4.78, 5) is 0. The Kier molecular flexibility index (Phi) is 5.15. The Balaban J connectivity index is 2.68. The highest BCUT2D eigenvalue weighted by Gasteiger charge is 2.10. The Morgan fingerprint density at radius 2 is 2.13 bits per heavy atom. The summed E-state index contributed by atoms with van der Waals surface area (Å²) in [5, 5.41) is 9.66. The number of hydrogen-bond acceptors (Lipinski definition) is 3. The second-order valence-corrected chi connectivity index (χ2v) is 3.49. The van der Waals surface area contributed by atoms with Crippen molar-refractivity contribution in [3.63, 3.8) is 0 Å². The van der Waals surface area contributed by atoms with Crippen molar-refractivity contribution in [2.45, 2.75) is 25.9 Å². The first kappa shape index (κ1) is 12.0. The molecule has 0 unspecified atom stereocenters. The lowest BCUT2D eigenvalue weighted by molar-refractivity contribution is 0.179. The molecule has 3 N–H and O–H groups in total. The van der Waals surface area contributed by atoms with Gasteiger partial charge in [-0.3, -0.25) is 0 Å². The van der Waals surface area contributed by atoms with E-state index in [0.29, 0.717) is 6.61 Å². The van der Waals surface area contributed by atoms with Gasteiger partial charge < -0.3 is 15.6 Å². The van der Waals surface area contributed by atoms with Crippen LogP contribution in [-0.4, -0.2) is 18.3 Å². The lowest BCUT2D eigenvalue weighted by Gasteiger charge is -2.14. The summed E-state index contributed by atoms with van der Waals surface area (Å²) in [5.41, 5.74) is 6.20. The van der Waals surface area contributed by atoms with Crippen LogP contribution >= 0.6 is 0 Å². The molecule has 0 amide bonds. The fourth-order valence-electron chi connectivity index (χ4n) is 1.34. The summed E-state index contributed by atoms with van der Waals surface area (Å²) >= 11 is 0. The number of nitrogens with two attached hydrogens (primary N) is 1. The first-order valence-electron chi connectivity index (χ1n) is 5.39. The minimum atomic E-state index is -0.636. The Morgan fingerprint density at radius 3 is 2.80 bits per heavy atom. The van der Waals surface area contributed by atoms with Gasteiger partial charge in [0.05, 0.1) is 12.7 Å². The molecule has 1 rings (SSSR count). The van der Waals surface area contributed by atoms with Crippen molar-refractivity contribution in [2.75, 3.05) is 13.2 Å². The van der Waals surface area contributed by atoms with Crippen LogP contribution in [0.2, 0.25) is 0 Å². The highest BCUT2D eigenvalue weighted by atomic mass is 16.5. The molecule has 0 radical (unpaired) electrons. The summed E-state index contributed by atoms with van der Waals surface area (Å²) < 4.78 is 5.58. The van der Waals surface area contributed by atoms with E-state index in [4.69, 9.17) is 10.5 Å². The number of aliphatic hydroxyl groups excluding tert-OH is 1. The molecule has 0 heterocycles. The molecule has 0 spiro atoms. The highest BCUT2D eigenvalue weighted by Crippen LogP contribution is 2.24. The molecule has 0 aliphatic heterocycles. The van der Waals surface area contributed by atoms with Crippen LogP contribution in [0.5, 0.6) is 5.75 Å². The van der Waals surface area contributed by atoms with Crippen molar-refractivity contribution in [1.29, 1.82) is 0 Å². The summed E-state index contributed by atoms with van der Waals surface area (Å²) in [6.07, 6.45) is 1.48. The molecule has 0 aromatic heterocycles. The number of hydrogen-bond donors (Lipinski definition) is 2. The van der Waals surface area contributed by atoms with E-state index in [1.54, 1.807) is 0 Å². The molecule has 3 heteroatoms. The van der Waals surface area contributed by atoms with Crippen LogP contribution in [0.15, 0.2) is 24.3 Å². The normalized spacial score (nSPS) is 12.5. The summed E-state index contributed by atoms with van der Waals surface area (Å²) in [6, 6.07) is 7.48. The molecule has 0 aliphatic rings. The Hall–Kier alpha value is -1.06. The molecule has 0 aliphatic carbocycles. The standard InChI is InChI=1S/C12H19NO2/c1-2-3-8-15-12-7-5-4-6-10(12)11(14)9-13/h4-7,11,14H,2-3,8-9,13H2,1H3/t11-/m1/s1. The number of benzene rings is 1. The first-order valence-corrected chi connectivity index (χ1v) is 5.39. The number of para-hydroxylation sites is 1. The summed E-state index contributed by atoms with van der Waals surface area (Å²) in [7, 11) is 0. The maximum atomic E-state index is 9.66. The molecule has 1 aromatic carbocycles. The number of unbranched alkanes of at least 4 members (excludes halogenated alkanes) is 1. The largest absolute Gasteiger partial charge is 0.493 e. The van der Waals surface area contributed by atoms with E-state index < -0.39 is 6.10 Å². The van der Waals surface area contributed by atoms with Gasteiger partial charge in [0.25, 0.3) is 0 Å².